The molecule has 0 aliphatic carbocycles. The lowest BCUT2D eigenvalue weighted by Gasteiger charge is -2.36. The third-order valence-corrected chi connectivity index (χ3v) is 6.38. The zero-order valence-electron chi connectivity index (χ0n) is 15.8. The number of methoxy groups -OCH3 is 1. The molecule has 0 amide bonds. The van der Waals surface area contributed by atoms with E-state index in [-0.39, 0.29) is 5.82 Å². The van der Waals surface area contributed by atoms with Crippen molar-refractivity contribution in [3.05, 3.63) is 60.3 Å². The lowest BCUT2D eigenvalue weighted by Crippen LogP contribution is -2.35. The average molecular weight is 410 g/mol. The molecule has 4 aromatic rings. The number of rotatable bonds is 4. The van der Waals surface area contributed by atoms with Crippen molar-refractivity contribution in [3.8, 4) is 0 Å². The monoisotopic (exact) mass is 410 g/mol. The lowest BCUT2D eigenvalue weighted by atomic mass is 9.86. The van der Waals surface area contributed by atoms with Crippen LogP contribution in [0.25, 0.3) is 16.7 Å². The molecule has 0 radical (unpaired) electrons. The van der Waals surface area contributed by atoms with E-state index < -0.39 is 5.60 Å². The molecular formula is C21H19FN4O2S. The molecule has 2 aromatic carbocycles. The zero-order valence-corrected chi connectivity index (χ0v) is 16.7. The third kappa shape index (κ3) is 3.37. The summed E-state index contributed by atoms with van der Waals surface area (Å²) in [5.74, 6) is -0.267. The second-order valence-corrected chi connectivity index (χ2v) is 8.20. The molecule has 0 atom stereocenters. The quantitative estimate of drug-likeness (QED) is 0.502. The molecule has 0 spiro atoms. The van der Waals surface area contributed by atoms with Gasteiger partial charge in [0, 0.05) is 43.0 Å². The van der Waals surface area contributed by atoms with Gasteiger partial charge >= 0.3 is 0 Å². The van der Waals surface area contributed by atoms with Gasteiger partial charge in [0.2, 0.25) is 0 Å². The Hall–Kier alpha value is -2.55. The van der Waals surface area contributed by atoms with Gasteiger partial charge in [0.1, 0.15) is 12.1 Å². The standard InChI is InChI=1S/C21H19FN4O2S/c1-27-21(4-6-28-7-5-21)14-8-15(22)10-17(9-14)29-16-2-3-18-19(11-16)26-13-24-25-20(26)12-23-18/h2-3,8-13H,4-7H2,1H3. The number of ether oxygens (including phenoxy) is 2. The first-order chi connectivity index (χ1) is 14.2. The first kappa shape index (κ1) is 18.5. The van der Waals surface area contributed by atoms with Gasteiger partial charge in [-0.05, 0) is 42.0 Å². The molecule has 148 valence electrons. The van der Waals surface area contributed by atoms with Crippen LogP contribution in [0.2, 0.25) is 0 Å². The fourth-order valence-electron chi connectivity index (χ4n) is 3.85. The van der Waals surface area contributed by atoms with E-state index in [1.807, 2.05) is 28.7 Å². The summed E-state index contributed by atoms with van der Waals surface area (Å²) < 4.78 is 27.7. The molecule has 0 saturated carbocycles. The Morgan fingerprint density at radius 2 is 2.00 bits per heavy atom. The maximum absolute atomic E-state index is 14.5. The molecule has 0 unspecified atom stereocenters. The summed E-state index contributed by atoms with van der Waals surface area (Å²) in [6, 6.07) is 11.1. The molecular weight excluding hydrogens is 391 g/mol. The molecule has 1 aliphatic rings. The van der Waals surface area contributed by atoms with Crippen LogP contribution in [0.15, 0.2) is 58.7 Å². The summed E-state index contributed by atoms with van der Waals surface area (Å²) in [6.07, 6.45) is 4.79. The van der Waals surface area contributed by atoms with E-state index in [2.05, 4.69) is 15.2 Å². The highest BCUT2D eigenvalue weighted by atomic mass is 32.2. The van der Waals surface area contributed by atoms with E-state index in [9.17, 15) is 4.39 Å². The summed E-state index contributed by atoms with van der Waals surface area (Å²) in [4.78, 5) is 6.23. The Bertz CT molecular complexity index is 1190. The van der Waals surface area contributed by atoms with Gasteiger partial charge in [-0.15, -0.1) is 10.2 Å². The van der Waals surface area contributed by atoms with Crippen LogP contribution >= 0.6 is 11.8 Å². The van der Waals surface area contributed by atoms with Gasteiger partial charge in [0.05, 0.1) is 22.8 Å². The number of nitrogens with zero attached hydrogens (tertiary/aromatic N) is 4. The van der Waals surface area contributed by atoms with Crippen molar-refractivity contribution in [2.24, 2.45) is 0 Å². The minimum Gasteiger partial charge on any atom is -0.381 e. The molecule has 5 rings (SSSR count). The third-order valence-electron chi connectivity index (χ3n) is 5.42. The second kappa shape index (κ2) is 7.37. The van der Waals surface area contributed by atoms with Crippen molar-refractivity contribution in [3.63, 3.8) is 0 Å². The first-order valence-corrected chi connectivity index (χ1v) is 10.2. The Labute approximate surface area is 171 Å². The predicted octanol–water partition coefficient (Wildman–Crippen LogP) is 4.22. The summed E-state index contributed by atoms with van der Waals surface area (Å²) in [5, 5.41) is 7.99. The normalized spacial score (nSPS) is 16.5. The molecule has 1 aliphatic heterocycles. The number of hydrogen-bond acceptors (Lipinski definition) is 6. The van der Waals surface area contributed by atoms with Crippen molar-refractivity contribution in [1.82, 2.24) is 19.6 Å². The van der Waals surface area contributed by atoms with Crippen molar-refractivity contribution in [1.29, 1.82) is 0 Å². The number of halogens is 1. The van der Waals surface area contributed by atoms with Gasteiger partial charge < -0.3 is 9.47 Å². The molecule has 1 saturated heterocycles. The van der Waals surface area contributed by atoms with Crippen LogP contribution in [0.4, 0.5) is 4.39 Å². The van der Waals surface area contributed by atoms with E-state index in [1.165, 1.54) is 11.8 Å². The predicted molar refractivity (Wildman–Crippen MR) is 108 cm³/mol. The molecule has 3 heterocycles. The van der Waals surface area contributed by atoms with Crippen molar-refractivity contribution >= 4 is 28.4 Å². The highest BCUT2D eigenvalue weighted by molar-refractivity contribution is 7.99. The lowest BCUT2D eigenvalue weighted by molar-refractivity contribution is -0.0950. The Balaban J connectivity index is 1.52. The molecule has 0 N–H and O–H groups in total. The van der Waals surface area contributed by atoms with Gasteiger partial charge in [-0.1, -0.05) is 11.8 Å². The molecule has 0 bridgehead atoms. The van der Waals surface area contributed by atoms with Crippen LogP contribution in [0, 0.1) is 5.82 Å². The Morgan fingerprint density at radius 3 is 2.83 bits per heavy atom. The van der Waals surface area contributed by atoms with E-state index in [4.69, 9.17) is 9.47 Å². The fraction of sp³-hybridized carbons (Fsp3) is 0.286. The van der Waals surface area contributed by atoms with Crippen LogP contribution in [-0.4, -0.2) is 39.9 Å². The van der Waals surface area contributed by atoms with Gasteiger partial charge in [0.15, 0.2) is 5.65 Å². The largest absolute Gasteiger partial charge is 0.381 e. The van der Waals surface area contributed by atoms with Crippen LogP contribution in [0.5, 0.6) is 0 Å². The highest BCUT2D eigenvalue weighted by Gasteiger charge is 2.35. The van der Waals surface area contributed by atoms with Crippen molar-refractivity contribution in [2.45, 2.75) is 28.2 Å². The van der Waals surface area contributed by atoms with Gasteiger partial charge in [-0.2, -0.15) is 0 Å². The van der Waals surface area contributed by atoms with Gasteiger partial charge in [-0.25, -0.2) is 4.39 Å². The smallest absolute Gasteiger partial charge is 0.179 e. The highest BCUT2D eigenvalue weighted by Crippen LogP contribution is 2.39. The maximum atomic E-state index is 14.5. The number of hydrogen-bond donors (Lipinski definition) is 0. The summed E-state index contributed by atoms with van der Waals surface area (Å²) in [6.45, 7) is 1.22. The molecule has 29 heavy (non-hydrogen) atoms. The second-order valence-electron chi connectivity index (χ2n) is 7.06. The summed E-state index contributed by atoms with van der Waals surface area (Å²) in [7, 11) is 1.68. The van der Waals surface area contributed by atoms with Crippen molar-refractivity contribution in [2.75, 3.05) is 20.3 Å². The minimum atomic E-state index is -0.502. The van der Waals surface area contributed by atoms with E-state index in [1.54, 1.807) is 31.8 Å². The van der Waals surface area contributed by atoms with Crippen LogP contribution in [0.1, 0.15) is 18.4 Å². The minimum absolute atomic E-state index is 0.267. The summed E-state index contributed by atoms with van der Waals surface area (Å²) in [5.41, 5.74) is 2.80. The topological polar surface area (TPSA) is 61.5 Å². The molecule has 8 heteroatoms. The van der Waals surface area contributed by atoms with Gasteiger partial charge in [-0.3, -0.25) is 9.38 Å². The molecule has 1 fully saturated rings. The van der Waals surface area contributed by atoms with Gasteiger partial charge in [0.25, 0.3) is 0 Å². The summed E-state index contributed by atoms with van der Waals surface area (Å²) >= 11 is 1.51. The zero-order chi connectivity index (χ0) is 19.8. The average Bonchev–Trinajstić information content (AvgIpc) is 3.23. The van der Waals surface area contributed by atoms with E-state index in [0.29, 0.717) is 31.7 Å². The SMILES string of the molecule is COC1(c2cc(F)cc(Sc3ccc4ncc5nncn5c4c3)c2)CCOCC1. The first-order valence-electron chi connectivity index (χ1n) is 9.37. The number of aromatic nitrogens is 4. The van der Waals surface area contributed by atoms with Crippen molar-refractivity contribution < 1.29 is 13.9 Å². The maximum Gasteiger partial charge on any atom is 0.179 e. The fourth-order valence-corrected chi connectivity index (χ4v) is 4.78. The molecule has 6 nitrogen and oxygen atoms in total. The Morgan fingerprint density at radius 1 is 1.14 bits per heavy atom. The molecule has 2 aromatic heterocycles. The number of fused-ring (bicyclic) bond motifs is 3. The van der Waals surface area contributed by atoms with Crippen LogP contribution in [0.3, 0.4) is 0 Å². The van der Waals surface area contributed by atoms with E-state index in [0.717, 1.165) is 26.4 Å². The van der Waals surface area contributed by atoms with Crippen LogP contribution < -0.4 is 0 Å². The van der Waals surface area contributed by atoms with E-state index >= 15 is 0 Å². The number of benzene rings is 2. The Kier molecular flexibility index (Phi) is 4.69. The van der Waals surface area contributed by atoms with Crippen LogP contribution in [-0.2, 0) is 15.1 Å².